The Morgan fingerprint density at radius 2 is 2.50 bits per heavy atom. The highest BCUT2D eigenvalue weighted by Gasteiger charge is 2.17. The standard InChI is InChI=1S/C10H15NOS2/c12-4-3-9-7-11-10(14-9)6-8-2-1-5-13-8/h7-8,12H,1-6H2. The molecule has 4 heteroatoms. The zero-order valence-corrected chi connectivity index (χ0v) is 9.74. The summed E-state index contributed by atoms with van der Waals surface area (Å²) in [6.45, 7) is 0.236. The van der Waals surface area contributed by atoms with E-state index in [1.54, 1.807) is 11.3 Å². The van der Waals surface area contributed by atoms with Crippen LogP contribution in [0.5, 0.6) is 0 Å². The highest BCUT2D eigenvalue weighted by molar-refractivity contribution is 8.00. The molecule has 0 aromatic carbocycles. The fraction of sp³-hybridized carbons (Fsp3) is 0.700. The van der Waals surface area contributed by atoms with Crippen LogP contribution in [0.15, 0.2) is 6.20 Å². The molecule has 0 amide bonds. The Bertz CT molecular complexity index is 281. The van der Waals surface area contributed by atoms with Gasteiger partial charge in [-0.3, -0.25) is 0 Å². The largest absolute Gasteiger partial charge is 0.396 e. The SMILES string of the molecule is OCCc1cnc(CC2CCCS2)s1. The first-order valence-corrected chi connectivity index (χ1v) is 6.91. The summed E-state index contributed by atoms with van der Waals surface area (Å²) in [6.07, 6.45) is 6.51. The molecule has 0 bridgehead atoms. The number of aromatic nitrogens is 1. The molecule has 1 saturated heterocycles. The minimum Gasteiger partial charge on any atom is -0.396 e. The summed E-state index contributed by atoms with van der Waals surface area (Å²) in [5.41, 5.74) is 0. The van der Waals surface area contributed by atoms with Crippen molar-refractivity contribution in [3.63, 3.8) is 0 Å². The fourth-order valence-electron chi connectivity index (χ4n) is 1.67. The Morgan fingerprint density at radius 3 is 3.21 bits per heavy atom. The van der Waals surface area contributed by atoms with Crippen LogP contribution in [-0.2, 0) is 12.8 Å². The number of aliphatic hydroxyl groups excluding tert-OH is 1. The van der Waals surface area contributed by atoms with Crippen molar-refractivity contribution in [3.05, 3.63) is 16.1 Å². The molecule has 0 aliphatic carbocycles. The van der Waals surface area contributed by atoms with Crippen LogP contribution in [0, 0.1) is 0 Å². The Labute approximate surface area is 92.8 Å². The zero-order chi connectivity index (χ0) is 9.80. The van der Waals surface area contributed by atoms with Gasteiger partial charge in [0.05, 0.1) is 5.01 Å². The van der Waals surface area contributed by atoms with E-state index < -0.39 is 0 Å². The van der Waals surface area contributed by atoms with Gasteiger partial charge in [0.15, 0.2) is 0 Å². The number of thioether (sulfide) groups is 1. The monoisotopic (exact) mass is 229 g/mol. The maximum absolute atomic E-state index is 8.79. The second-order valence-electron chi connectivity index (χ2n) is 3.53. The summed E-state index contributed by atoms with van der Waals surface area (Å²) >= 11 is 3.84. The molecular formula is C10H15NOS2. The number of thiazole rings is 1. The first-order valence-electron chi connectivity index (χ1n) is 5.04. The van der Waals surface area contributed by atoms with Crippen LogP contribution in [0.2, 0.25) is 0 Å². The van der Waals surface area contributed by atoms with Crippen molar-refractivity contribution in [2.45, 2.75) is 30.9 Å². The van der Waals surface area contributed by atoms with Crippen LogP contribution < -0.4 is 0 Å². The molecule has 1 aromatic heterocycles. The van der Waals surface area contributed by atoms with Gasteiger partial charge in [-0.05, 0) is 18.6 Å². The molecule has 2 heterocycles. The fourth-order valence-corrected chi connectivity index (χ4v) is 4.04. The van der Waals surface area contributed by atoms with E-state index in [4.69, 9.17) is 5.11 Å². The van der Waals surface area contributed by atoms with E-state index >= 15 is 0 Å². The minimum absolute atomic E-state index is 0.236. The van der Waals surface area contributed by atoms with Gasteiger partial charge in [-0.2, -0.15) is 11.8 Å². The van der Waals surface area contributed by atoms with E-state index in [1.807, 2.05) is 6.20 Å². The molecule has 1 aromatic rings. The van der Waals surface area contributed by atoms with Crippen LogP contribution in [0.25, 0.3) is 0 Å². The van der Waals surface area contributed by atoms with Gasteiger partial charge in [0.2, 0.25) is 0 Å². The first kappa shape index (κ1) is 10.5. The molecule has 1 unspecified atom stereocenters. The second-order valence-corrected chi connectivity index (χ2v) is 6.14. The summed E-state index contributed by atoms with van der Waals surface area (Å²) < 4.78 is 0. The smallest absolute Gasteiger partial charge is 0.0938 e. The van der Waals surface area contributed by atoms with Crippen LogP contribution in [0.1, 0.15) is 22.7 Å². The van der Waals surface area contributed by atoms with Crippen molar-refractivity contribution in [1.29, 1.82) is 0 Å². The summed E-state index contributed by atoms with van der Waals surface area (Å²) in [6, 6.07) is 0. The number of aliphatic hydroxyl groups is 1. The van der Waals surface area contributed by atoms with E-state index in [1.165, 1.54) is 28.5 Å². The lowest BCUT2D eigenvalue weighted by molar-refractivity contribution is 0.300. The summed E-state index contributed by atoms with van der Waals surface area (Å²) in [4.78, 5) is 5.61. The van der Waals surface area contributed by atoms with Crippen LogP contribution in [-0.4, -0.2) is 27.7 Å². The predicted molar refractivity (Wildman–Crippen MR) is 62.1 cm³/mol. The third-order valence-corrected chi connectivity index (χ3v) is 4.86. The second kappa shape index (κ2) is 5.14. The molecule has 1 fully saturated rings. The van der Waals surface area contributed by atoms with Gasteiger partial charge in [0.25, 0.3) is 0 Å². The Hall–Kier alpha value is -0.0600. The Kier molecular flexibility index (Phi) is 3.84. The van der Waals surface area contributed by atoms with Gasteiger partial charge in [-0.1, -0.05) is 0 Å². The van der Waals surface area contributed by atoms with Crippen LogP contribution in [0.3, 0.4) is 0 Å². The van der Waals surface area contributed by atoms with Crippen molar-refractivity contribution < 1.29 is 5.11 Å². The molecule has 0 saturated carbocycles. The summed E-state index contributed by atoms with van der Waals surface area (Å²) in [7, 11) is 0. The molecule has 14 heavy (non-hydrogen) atoms. The average Bonchev–Trinajstić information content (AvgIpc) is 2.79. The lowest BCUT2D eigenvalue weighted by Gasteiger charge is -2.03. The van der Waals surface area contributed by atoms with Crippen molar-refractivity contribution in [2.75, 3.05) is 12.4 Å². The maximum Gasteiger partial charge on any atom is 0.0938 e. The Balaban J connectivity index is 1.88. The predicted octanol–water partition coefficient (Wildman–Crippen LogP) is 2.12. The number of hydrogen-bond donors (Lipinski definition) is 1. The van der Waals surface area contributed by atoms with E-state index in [0.717, 1.165) is 18.1 Å². The molecule has 2 nitrogen and oxygen atoms in total. The topological polar surface area (TPSA) is 33.1 Å². The molecule has 2 rings (SSSR count). The maximum atomic E-state index is 8.79. The van der Waals surface area contributed by atoms with Gasteiger partial charge in [0, 0.05) is 35.8 Å². The van der Waals surface area contributed by atoms with Gasteiger partial charge in [0.1, 0.15) is 0 Å². The van der Waals surface area contributed by atoms with E-state index in [9.17, 15) is 0 Å². The molecule has 1 N–H and O–H groups in total. The highest BCUT2D eigenvalue weighted by Crippen LogP contribution is 2.30. The number of rotatable bonds is 4. The van der Waals surface area contributed by atoms with E-state index in [0.29, 0.717) is 0 Å². The third-order valence-electron chi connectivity index (χ3n) is 2.39. The lowest BCUT2D eigenvalue weighted by Crippen LogP contribution is -2.00. The molecule has 1 atom stereocenters. The highest BCUT2D eigenvalue weighted by atomic mass is 32.2. The summed E-state index contributed by atoms with van der Waals surface area (Å²) in [5.74, 6) is 1.32. The number of hydrogen-bond acceptors (Lipinski definition) is 4. The zero-order valence-electron chi connectivity index (χ0n) is 8.11. The van der Waals surface area contributed by atoms with Crippen molar-refractivity contribution in [1.82, 2.24) is 4.98 Å². The third kappa shape index (κ3) is 2.72. The molecule has 78 valence electrons. The molecule has 1 aliphatic heterocycles. The van der Waals surface area contributed by atoms with Gasteiger partial charge >= 0.3 is 0 Å². The summed E-state index contributed by atoms with van der Waals surface area (Å²) in [5, 5.41) is 10.8. The van der Waals surface area contributed by atoms with Crippen molar-refractivity contribution in [3.8, 4) is 0 Å². The van der Waals surface area contributed by atoms with Crippen molar-refractivity contribution >= 4 is 23.1 Å². The quantitative estimate of drug-likeness (QED) is 0.858. The van der Waals surface area contributed by atoms with Crippen molar-refractivity contribution in [2.24, 2.45) is 0 Å². The molecule has 0 spiro atoms. The van der Waals surface area contributed by atoms with E-state index in [2.05, 4.69) is 16.7 Å². The molecule has 0 radical (unpaired) electrons. The lowest BCUT2D eigenvalue weighted by atomic mass is 10.2. The van der Waals surface area contributed by atoms with Gasteiger partial charge < -0.3 is 5.11 Å². The van der Waals surface area contributed by atoms with E-state index in [-0.39, 0.29) is 6.61 Å². The van der Waals surface area contributed by atoms with Gasteiger partial charge in [-0.15, -0.1) is 11.3 Å². The average molecular weight is 229 g/mol. The first-order chi connectivity index (χ1) is 6.88. The Morgan fingerprint density at radius 1 is 1.57 bits per heavy atom. The minimum atomic E-state index is 0.236. The normalized spacial score (nSPS) is 21.6. The number of nitrogens with zero attached hydrogens (tertiary/aromatic N) is 1. The van der Waals surface area contributed by atoms with Gasteiger partial charge in [-0.25, -0.2) is 4.98 Å². The van der Waals surface area contributed by atoms with Crippen LogP contribution in [0.4, 0.5) is 0 Å². The molecular weight excluding hydrogens is 214 g/mol. The molecule has 1 aliphatic rings. The van der Waals surface area contributed by atoms with Crippen LogP contribution >= 0.6 is 23.1 Å².